The Kier molecular flexibility index (Phi) is 5.52. The third-order valence-corrected chi connectivity index (χ3v) is 4.11. The van der Waals surface area contributed by atoms with Crippen LogP contribution in [0.1, 0.15) is 36.1 Å². The van der Waals surface area contributed by atoms with Crippen molar-refractivity contribution < 1.29 is 9.84 Å². The summed E-state index contributed by atoms with van der Waals surface area (Å²) in [5, 5.41) is 16.6. The summed E-state index contributed by atoms with van der Waals surface area (Å²) < 4.78 is 5.11. The van der Waals surface area contributed by atoms with Crippen LogP contribution in [0.25, 0.3) is 0 Å². The minimum Gasteiger partial charge on any atom is -0.497 e. The molecule has 0 amide bonds. The minimum absolute atomic E-state index is 0.197. The normalized spacial score (nSPS) is 13.9. The molecule has 2 rings (SSSR count). The molecular formula is C15H20N2O2S. The average molecular weight is 292 g/mol. The Hall–Kier alpha value is -1.43. The standard InChI is InChI=1S/C15H20N2O2S/c1-3-13(15-16-8-9-20-15)17-10-14(18)11-4-6-12(19-2)7-5-11/h4-9,13-14,17-18H,3,10H2,1-2H3. The van der Waals surface area contributed by atoms with E-state index in [0.717, 1.165) is 22.7 Å². The van der Waals surface area contributed by atoms with Crippen molar-refractivity contribution >= 4 is 11.3 Å². The number of hydrogen-bond donors (Lipinski definition) is 2. The molecule has 1 heterocycles. The molecule has 0 radical (unpaired) electrons. The first-order valence-corrected chi connectivity index (χ1v) is 7.57. The Morgan fingerprint density at radius 1 is 1.35 bits per heavy atom. The topological polar surface area (TPSA) is 54.4 Å². The molecule has 1 aromatic heterocycles. The molecule has 20 heavy (non-hydrogen) atoms. The van der Waals surface area contributed by atoms with Crippen LogP contribution in [0, 0.1) is 0 Å². The van der Waals surface area contributed by atoms with E-state index in [2.05, 4.69) is 17.2 Å². The van der Waals surface area contributed by atoms with E-state index in [1.807, 2.05) is 35.8 Å². The Morgan fingerprint density at radius 3 is 2.65 bits per heavy atom. The lowest BCUT2D eigenvalue weighted by atomic mass is 10.1. The molecule has 2 atom stereocenters. The second kappa shape index (κ2) is 7.38. The van der Waals surface area contributed by atoms with Crippen LogP contribution in [-0.2, 0) is 0 Å². The second-order valence-electron chi connectivity index (χ2n) is 4.53. The summed E-state index contributed by atoms with van der Waals surface area (Å²) in [6.07, 6.45) is 2.22. The van der Waals surface area contributed by atoms with E-state index >= 15 is 0 Å². The molecule has 5 heteroatoms. The molecule has 0 aliphatic carbocycles. The molecule has 2 aromatic rings. The summed E-state index contributed by atoms with van der Waals surface area (Å²) >= 11 is 1.64. The van der Waals surface area contributed by atoms with Gasteiger partial charge in [-0.25, -0.2) is 4.98 Å². The molecule has 0 aliphatic rings. The van der Waals surface area contributed by atoms with Crippen LogP contribution in [0.4, 0.5) is 0 Å². The van der Waals surface area contributed by atoms with Crippen LogP contribution < -0.4 is 10.1 Å². The molecule has 1 aromatic carbocycles. The first-order valence-electron chi connectivity index (χ1n) is 6.69. The van der Waals surface area contributed by atoms with Gasteiger partial charge in [-0.2, -0.15) is 0 Å². The van der Waals surface area contributed by atoms with E-state index in [9.17, 15) is 5.11 Å². The van der Waals surface area contributed by atoms with Crippen molar-refractivity contribution in [3.8, 4) is 5.75 Å². The Balaban J connectivity index is 1.91. The number of aromatic nitrogens is 1. The molecule has 4 nitrogen and oxygen atoms in total. The SMILES string of the molecule is CCC(NCC(O)c1ccc(OC)cc1)c1nccs1. The number of aliphatic hydroxyl groups is 1. The van der Waals surface area contributed by atoms with E-state index in [1.54, 1.807) is 18.4 Å². The van der Waals surface area contributed by atoms with Gasteiger partial charge in [0.1, 0.15) is 10.8 Å². The van der Waals surface area contributed by atoms with Crippen LogP contribution in [0.5, 0.6) is 5.75 Å². The van der Waals surface area contributed by atoms with Crippen LogP contribution in [0.15, 0.2) is 35.8 Å². The monoisotopic (exact) mass is 292 g/mol. The van der Waals surface area contributed by atoms with E-state index in [1.165, 1.54) is 0 Å². The van der Waals surface area contributed by atoms with Gasteiger partial charge in [0, 0.05) is 18.1 Å². The van der Waals surface area contributed by atoms with Gasteiger partial charge in [-0.15, -0.1) is 11.3 Å². The average Bonchev–Trinajstić information content (AvgIpc) is 3.02. The zero-order valence-corrected chi connectivity index (χ0v) is 12.6. The maximum absolute atomic E-state index is 10.2. The fourth-order valence-electron chi connectivity index (χ4n) is 2.01. The van der Waals surface area contributed by atoms with Crippen molar-refractivity contribution in [3.63, 3.8) is 0 Å². The first kappa shape index (κ1) is 15.0. The number of benzene rings is 1. The van der Waals surface area contributed by atoms with Gasteiger partial charge >= 0.3 is 0 Å². The van der Waals surface area contributed by atoms with Crippen molar-refractivity contribution in [2.75, 3.05) is 13.7 Å². The van der Waals surface area contributed by atoms with Crippen molar-refractivity contribution in [1.29, 1.82) is 0 Å². The smallest absolute Gasteiger partial charge is 0.118 e. The fraction of sp³-hybridized carbons (Fsp3) is 0.400. The molecular weight excluding hydrogens is 272 g/mol. The third-order valence-electron chi connectivity index (χ3n) is 3.22. The summed E-state index contributed by atoms with van der Waals surface area (Å²) in [5.41, 5.74) is 0.882. The molecule has 0 saturated heterocycles. The predicted octanol–water partition coefficient (Wildman–Crippen LogP) is 2.93. The molecule has 0 bridgehead atoms. The number of rotatable bonds is 7. The molecule has 0 aliphatic heterocycles. The van der Waals surface area contributed by atoms with Crippen LogP contribution in [0.3, 0.4) is 0 Å². The zero-order chi connectivity index (χ0) is 14.4. The number of hydrogen-bond acceptors (Lipinski definition) is 5. The van der Waals surface area contributed by atoms with Gasteiger partial charge in [0.2, 0.25) is 0 Å². The third kappa shape index (κ3) is 3.79. The lowest BCUT2D eigenvalue weighted by Crippen LogP contribution is -2.26. The summed E-state index contributed by atoms with van der Waals surface area (Å²) in [5.74, 6) is 0.795. The van der Waals surface area contributed by atoms with Gasteiger partial charge in [-0.1, -0.05) is 19.1 Å². The maximum Gasteiger partial charge on any atom is 0.118 e. The van der Waals surface area contributed by atoms with Crippen molar-refractivity contribution in [2.45, 2.75) is 25.5 Å². The second-order valence-corrected chi connectivity index (χ2v) is 5.45. The van der Waals surface area contributed by atoms with Gasteiger partial charge in [0.25, 0.3) is 0 Å². The highest BCUT2D eigenvalue weighted by molar-refractivity contribution is 7.09. The summed E-state index contributed by atoms with van der Waals surface area (Å²) in [6.45, 7) is 2.61. The molecule has 0 fully saturated rings. The Bertz CT molecular complexity index is 499. The number of ether oxygens (including phenoxy) is 1. The number of nitrogens with one attached hydrogen (secondary N) is 1. The lowest BCUT2D eigenvalue weighted by Gasteiger charge is -2.18. The van der Waals surface area contributed by atoms with Crippen LogP contribution in [0.2, 0.25) is 0 Å². The van der Waals surface area contributed by atoms with Gasteiger partial charge < -0.3 is 15.2 Å². The van der Waals surface area contributed by atoms with Gasteiger partial charge in [0.15, 0.2) is 0 Å². The van der Waals surface area contributed by atoms with Gasteiger partial charge in [0.05, 0.1) is 19.3 Å². The quantitative estimate of drug-likeness (QED) is 0.824. The highest BCUT2D eigenvalue weighted by atomic mass is 32.1. The summed E-state index contributed by atoms with van der Waals surface area (Å²) in [7, 11) is 1.63. The Morgan fingerprint density at radius 2 is 2.10 bits per heavy atom. The lowest BCUT2D eigenvalue weighted by molar-refractivity contribution is 0.169. The van der Waals surface area contributed by atoms with Crippen LogP contribution >= 0.6 is 11.3 Å². The zero-order valence-electron chi connectivity index (χ0n) is 11.7. The maximum atomic E-state index is 10.2. The summed E-state index contributed by atoms with van der Waals surface area (Å²) in [6, 6.07) is 7.68. The number of nitrogens with zero attached hydrogens (tertiary/aromatic N) is 1. The van der Waals surface area contributed by atoms with Gasteiger partial charge in [-0.3, -0.25) is 0 Å². The molecule has 0 saturated carbocycles. The van der Waals surface area contributed by atoms with E-state index in [4.69, 9.17) is 4.74 Å². The molecule has 108 valence electrons. The number of methoxy groups -OCH3 is 1. The largest absolute Gasteiger partial charge is 0.497 e. The minimum atomic E-state index is -0.532. The highest BCUT2D eigenvalue weighted by Crippen LogP contribution is 2.21. The van der Waals surface area contributed by atoms with Gasteiger partial charge in [-0.05, 0) is 24.1 Å². The molecule has 2 unspecified atom stereocenters. The number of thiazole rings is 1. The van der Waals surface area contributed by atoms with Crippen molar-refractivity contribution in [2.24, 2.45) is 0 Å². The molecule has 0 spiro atoms. The van der Waals surface area contributed by atoms with E-state index < -0.39 is 6.10 Å². The van der Waals surface area contributed by atoms with E-state index in [-0.39, 0.29) is 6.04 Å². The first-order chi connectivity index (χ1) is 9.74. The van der Waals surface area contributed by atoms with Crippen molar-refractivity contribution in [3.05, 3.63) is 46.4 Å². The van der Waals surface area contributed by atoms with Crippen LogP contribution in [-0.4, -0.2) is 23.7 Å². The summed E-state index contributed by atoms with van der Waals surface area (Å²) in [4.78, 5) is 4.32. The molecule has 2 N–H and O–H groups in total. The number of aliphatic hydroxyl groups excluding tert-OH is 1. The highest BCUT2D eigenvalue weighted by Gasteiger charge is 2.14. The van der Waals surface area contributed by atoms with E-state index in [0.29, 0.717) is 6.54 Å². The Labute approximate surface area is 123 Å². The van der Waals surface area contributed by atoms with Crippen molar-refractivity contribution in [1.82, 2.24) is 10.3 Å². The predicted molar refractivity (Wildman–Crippen MR) is 81.1 cm³/mol. The fourth-order valence-corrected chi connectivity index (χ4v) is 2.81.